The highest BCUT2D eigenvalue weighted by Gasteiger charge is 2.03. The van der Waals surface area contributed by atoms with Crippen molar-refractivity contribution in [1.29, 1.82) is 0 Å². The minimum absolute atomic E-state index is 0.816. The molecule has 1 N–H and O–H groups in total. The van der Waals surface area contributed by atoms with Crippen LogP contribution in [0.15, 0.2) is 12.3 Å². The maximum atomic E-state index is 9.74. The van der Waals surface area contributed by atoms with Crippen LogP contribution in [0.25, 0.3) is 0 Å². The fourth-order valence-electron chi connectivity index (χ4n) is 0.118. The van der Waals surface area contributed by atoms with Crippen LogP contribution in [0.2, 0.25) is 0 Å². The van der Waals surface area contributed by atoms with Crippen LogP contribution >= 0.6 is 0 Å². The van der Waals surface area contributed by atoms with Crippen molar-refractivity contribution in [2.45, 2.75) is 0 Å². The molecule has 9 heavy (non-hydrogen) atoms. The molecular weight excluding hydrogens is 148 g/mol. The van der Waals surface area contributed by atoms with Crippen molar-refractivity contribution in [3.8, 4) is 0 Å². The molecule has 0 aromatic carbocycles. The average molecular weight is 151 g/mol. The number of carboxylic acids is 1. The molecule has 0 aromatic heterocycles. The van der Waals surface area contributed by atoms with E-state index in [9.17, 15) is 13.6 Å². The molecular formula is C3H3O5S-. The normalized spacial score (nSPS) is 12.1. The molecule has 52 valence electrons. The summed E-state index contributed by atoms with van der Waals surface area (Å²) < 4.78 is 22.8. The van der Waals surface area contributed by atoms with Crippen LogP contribution in [-0.2, 0) is 20.3 Å². The number of rotatable bonds is 3. The lowest BCUT2D eigenvalue weighted by atomic mass is 10.6. The first-order valence-corrected chi connectivity index (χ1v) is 2.74. The summed E-state index contributed by atoms with van der Waals surface area (Å²) in [6.45, 7) is 2.78. The Morgan fingerprint density at radius 2 is 2.22 bits per heavy atom. The predicted octanol–water partition coefficient (Wildman–Crippen LogP) is -0.605. The molecule has 0 saturated carbocycles. The van der Waals surface area contributed by atoms with Crippen LogP contribution in [0, 0.1) is 0 Å². The van der Waals surface area contributed by atoms with Gasteiger partial charge in [0.05, 0.1) is 0 Å². The van der Waals surface area contributed by atoms with Gasteiger partial charge in [0.2, 0.25) is 5.76 Å². The Labute approximate surface area is 53.4 Å². The smallest absolute Gasteiger partial charge is 0.372 e. The minimum Gasteiger partial charge on any atom is -0.740 e. The summed E-state index contributed by atoms with van der Waals surface area (Å²) in [6, 6.07) is 0. The van der Waals surface area contributed by atoms with Gasteiger partial charge in [-0.15, -0.1) is 0 Å². The molecule has 0 spiro atoms. The number of hydrogen-bond donors (Lipinski definition) is 1. The van der Waals surface area contributed by atoms with E-state index in [-0.39, 0.29) is 0 Å². The van der Waals surface area contributed by atoms with Crippen LogP contribution < -0.4 is 0 Å². The van der Waals surface area contributed by atoms with Crippen molar-refractivity contribution in [1.82, 2.24) is 0 Å². The maximum Gasteiger partial charge on any atom is 0.372 e. The molecule has 0 aliphatic rings. The highest BCUT2D eigenvalue weighted by molar-refractivity contribution is 7.74. The van der Waals surface area contributed by atoms with E-state index in [1.54, 1.807) is 0 Å². The SMILES string of the molecule is C=C(OS(=O)[O-])C(=O)O. The third-order valence-corrected chi connectivity index (χ3v) is 0.744. The van der Waals surface area contributed by atoms with Gasteiger partial charge in [0, 0.05) is 0 Å². The monoisotopic (exact) mass is 151 g/mol. The minimum atomic E-state index is -2.85. The fourth-order valence-corrected chi connectivity index (χ4v) is 0.353. The van der Waals surface area contributed by atoms with Crippen LogP contribution in [0.1, 0.15) is 0 Å². The van der Waals surface area contributed by atoms with Crippen molar-refractivity contribution in [2.75, 3.05) is 0 Å². The topological polar surface area (TPSA) is 86.7 Å². The van der Waals surface area contributed by atoms with Crippen LogP contribution in [0.4, 0.5) is 0 Å². The Balaban J connectivity index is 3.79. The molecule has 0 radical (unpaired) electrons. The van der Waals surface area contributed by atoms with Gasteiger partial charge in [0.25, 0.3) is 0 Å². The Morgan fingerprint density at radius 3 is 2.33 bits per heavy atom. The quantitative estimate of drug-likeness (QED) is 0.330. The lowest BCUT2D eigenvalue weighted by Crippen LogP contribution is -2.04. The van der Waals surface area contributed by atoms with Crippen LogP contribution in [0.3, 0.4) is 0 Å². The highest BCUT2D eigenvalue weighted by Crippen LogP contribution is 1.93. The first kappa shape index (κ1) is 8.12. The van der Waals surface area contributed by atoms with Gasteiger partial charge < -0.3 is 13.8 Å². The van der Waals surface area contributed by atoms with E-state index in [2.05, 4.69) is 10.8 Å². The van der Waals surface area contributed by atoms with E-state index in [4.69, 9.17) is 5.11 Å². The van der Waals surface area contributed by atoms with Gasteiger partial charge in [0.15, 0.2) is 0 Å². The maximum absolute atomic E-state index is 9.74. The molecule has 0 heterocycles. The standard InChI is InChI=1S/C3H4O5S/c1-2(3(4)5)8-9(6)7/h1H2,(H,4,5)(H,6,7)/p-1. The molecule has 0 bridgehead atoms. The zero-order valence-corrected chi connectivity index (χ0v) is 5.01. The van der Waals surface area contributed by atoms with Gasteiger partial charge in [-0.25, -0.2) is 9.00 Å². The summed E-state index contributed by atoms with van der Waals surface area (Å²) in [5.41, 5.74) is 0. The van der Waals surface area contributed by atoms with Crippen LogP contribution in [0.5, 0.6) is 0 Å². The first-order chi connectivity index (χ1) is 4.04. The average Bonchev–Trinajstić information content (AvgIpc) is 1.63. The molecule has 0 amide bonds. The van der Waals surface area contributed by atoms with Gasteiger partial charge in [-0.3, -0.25) is 0 Å². The van der Waals surface area contributed by atoms with Crippen molar-refractivity contribution in [3.05, 3.63) is 12.3 Å². The number of carboxylic acid groups (broad SMARTS) is 1. The number of hydrogen-bond acceptors (Lipinski definition) is 4. The first-order valence-electron chi connectivity index (χ1n) is 1.74. The van der Waals surface area contributed by atoms with E-state index in [0.29, 0.717) is 0 Å². The zero-order valence-electron chi connectivity index (χ0n) is 4.20. The van der Waals surface area contributed by atoms with Gasteiger partial charge >= 0.3 is 5.97 Å². The third kappa shape index (κ3) is 3.68. The zero-order chi connectivity index (χ0) is 7.44. The van der Waals surface area contributed by atoms with E-state index in [0.717, 1.165) is 0 Å². The third-order valence-electron chi connectivity index (χ3n) is 0.407. The lowest BCUT2D eigenvalue weighted by molar-refractivity contribution is -0.135. The molecule has 0 aliphatic heterocycles. The van der Waals surface area contributed by atoms with Crippen molar-refractivity contribution >= 4 is 17.3 Å². The molecule has 0 aliphatic carbocycles. The summed E-state index contributed by atoms with van der Waals surface area (Å²) in [5, 5.41) is 7.93. The molecule has 0 aromatic rings. The molecule has 0 rings (SSSR count). The summed E-state index contributed by atoms with van der Waals surface area (Å²) in [4.78, 5) is 9.74. The van der Waals surface area contributed by atoms with Gasteiger partial charge in [-0.1, -0.05) is 0 Å². The van der Waals surface area contributed by atoms with Crippen molar-refractivity contribution < 1.29 is 22.8 Å². The Bertz CT molecular complexity index is 162. The number of carbonyl (C=O) groups is 1. The fraction of sp³-hybridized carbons (Fsp3) is 0. The summed E-state index contributed by atoms with van der Waals surface area (Å²) in [6.07, 6.45) is 0. The Morgan fingerprint density at radius 1 is 1.78 bits per heavy atom. The molecule has 0 fully saturated rings. The predicted molar refractivity (Wildman–Crippen MR) is 26.8 cm³/mol. The second-order valence-corrected chi connectivity index (χ2v) is 1.59. The van der Waals surface area contributed by atoms with Gasteiger partial charge in [0.1, 0.15) is 11.4 Å². The lowest BCUT2D eigenvalue weighted by Gasteiger charge is -2.04. The van der Waals surface area contributed by atoms with Gasteiger partial charge in [-0.05, 0) is 6.58 Å². The summed E-state index contributed by atoms with van der Waals surface area (Å²) >= 11 is -2.85. The largest absolute Gasteiger partial charge is 0.740 e. The van der Waals surface area contributed by atoms with Gasteiger partial charge in [-0.2, -0.15) is 0 Å². The van der Waals surface area contributed by atoms with E-state index in [1.165, 1.54) is 0 Å². The molecule has 6 heteroatoms. The Kier molecular flexibility index (Phi) is 2.89. The molecule has 1 atom stereocenters. The van der Waals surface area contributed by atoms with E-state index >= 15 is 0 Å². The second-order valence-electron chi connectivity index (χ2n) is 1.02. The molecule has 5 nitrogen and oxygen atoms in total. The Hall–Kier alpha value is -0.880. The van der Waals surface area contributed by atoms with E-state index in [1.807, 2.05) is 0 Å². The molecule has 1 unspecified atom stereocenters. The summed E-state index contributed by atoms with van der Waals surface area (Å²) in [5.74, 6) is -2.32. The second kappa shape index (κ2) is 3.21. The highest BCUT2D eigenvalue weighted by atomic mass is 32.2. The molecule has 0 saturated heterocycles. The van der Waals surface area contributed by atoms with Crippen molar-refractivity contribution in [2.24, 2.45) is 0 Å². The van der Waals surface area contributed by atoms with Crippen molar-refractivity contribution in [3.63, 3.8) is 0 Å². The van der Waals surface area contributed by atoms with E-state index < -0.39 is 23.1 Å². The number of aliphatic carboxylic acids is 1. The summed E-state index contributed by atoms with van der Waals surface area (Å²) in [7, 11) is 0. The van der Waals surface area contributed by atoms with Crippen LogP contribution in [-0.4, -0.2) is 19.8 Å².